The average Bonchev–Trinajstić information content (AvgIpc) is 2.65. The molecule has 2 atom stereocenters. The van der Waals surface area contributed by atoms with Gasteiger partial charge in [0.25, 0.3) is 0 Å². The van der Waals surface area contributed by atoms with Crippen LogP contribution in [0.4, 0.5) is 0 Å². The van der Waals surface area contributed by atoms with E-state index in [0.717, 1.165) is 6.42 Å². The number of carbonyl (C=O) groups excluding carboxylic acids is 2. The lowest BCUT2D eigenvalue weighted by molar-refractivity contribution is -0.156. The number of esters is 1. The number of carbonyl (C=O) groups is 2. The lowest BCUT2D eigenvalue weighted by atomic mass is 9.62. The molecule has 0 spiro atoms. The number of hydrogen-bond donors (Lipinski definition) is 0. The summed E-state index contributed by atoms with van der Waals surface area (Å²) in [4.78, 5) is 25.0. The second-order valence-corrected chi connectivity index (χ2v) is 7.75. The van der Waals surface area contributed by atoms with Crippen LogP contribution in [0.3, 0.4) is 0 Å². The van der Waals surface area contributed by atoms with Gasteiger partial charge in [-0.3, -0.25) is 9.59 Å². The van der Waals surface area contributed by atoms with E-state index in [0.29, 0.717) is 13.0 Å². The normalized spacial score (nSPS) is 27.4. The first-order valence-electron chi connectivity index (χ1n) is 8.36. The molecule has 128 valence electrons. The molecule has 1 rings (SSSR count). The summed E-state index contributed by atoms with van der Waals surface area (Å²) in [6, 6.07) is 0. The van der Waals surface area contributed by atoms with Crippen molar-refractivity contribution >= 4 is 11.8 Å². The van der Waals surface area contributed by atoms with Crippen LogP contribution in [0.2, 0.25) is 0 Å². The third-order valence-corrected chi connectivity index (χ3v) is 5.36. The summed E-state index contributed by atoms with van der Waals surface area (Å²) in [5, 5.41) is 0. The van der Waals surface area contributed by atoms with Crippen molar-refractivity contribution in [1.29, 1.82) is 0 Å². The van der Waals surface area contributed by atoms with Crippen LogP contribution < -0.4 is 0 Å². The van der Waals surface area contributed by atoms with E-state index in [-0.39, 0.29) is 41.7 Å². The Morgan fingerprint density at radius 1 is 1.09 bits per heavy atom. The molecule has 1 saturated carbocycles. The third kappa shape index (κ3) is 3.70. The zero-order valence-electron chi connectivity index (χ0n) is 15.2. The smallest absolute Gasteiger partial charge is 0.309 e. The summed E-state index contributed by atoms with van der Waals surface area (Å²) < 4.78 is 10.8. The molecule has 0 amide bonds. The number of hydrogen-bond acceptors (Lipinski definition) is 4. The maximum Gasteiger partial charge on any atom is 0.309 e. The van der Waals surface area contributed by atoms with Crippen molar-refractivity contribution in [1.82, 2.24) is 0 Å². The van der Waals surface area contributed by atoms with Crippen LogP contribution in [0.1, 0.15) is 61.3 Å². The van der Waals surface area contributed by atoms with Gasteiger partial charge in [0.15, 0.2) is 0 Å². The number of rotatable bonds is 7. The summed E-state index contributed by atoms with van der Waals surface area (Å²) >= 11 is 0. The van der Waals surface area contributed by atoms with Crippen LogP contribution in [-0.2, 0) is 19.1 Å². The molecule has 0 aromatic rings. The minimum Gasteiger partial charge on any atom is -0.463 e. The van der Waals surface area contributed by atoms with Crippen LogP contribution in [0, 0.1) is 22.7 Å². The quantitative estimate of drug-likeness (QED) is 0.532. The van der Waals surface area contributed by atoms with Gasteiger partial charge in [-0.05, 0) is 32.1 Å². The van der Waals surface area contributed by atoms with Crippen LogP contribution in [0.25, 0.3) is 0 Å². The monoisotopic (exact) mass is 312 g/mol. The first-order valence-corrected chi connectivity index (χ1v) is 8.36. The van der Waals surface area contributed by atoms with Gasteiger partial charge in [0, 0.05) is 11.3 Å². The Morgan fingerprint density at radius 3 is 2.18 bits per heavy atom. The molecule has 0 bridgehead atoms. The molecule has 22 heavy (non-hydrogen) atoms. The standard InChI is InChI=1S/C18H32O4/c1-12(2)15(19)18(7)9-8-14(17(18,5)6)16(20)22-11-10-21-13(3)4/h12-14H,8-11H2,1-7H3/t14-,18+/m1/s1. The largest absolute Gasteiger partial charge is 0.463 e. The highest BCUT2D eigenvalue weighted by Crippen LogP contribution is 2.57. The zero-order valence-corrected chi connectivity index (χ0v) is 15.2. The Bertz CT molecular complexity index is 411. The highest BCUT2D eigenvalue weighted by atomic mass is 16.6. The lowest BCUT2D eigenvalue weighted by Crippen LogP contribution is -2.44. The van der Waals surface area contributed by atoms with E-state index in [1.807, 2.05) is 48.5 Å². The predicted molar refractivity (Wildman–Crippen MR) is 86.5 cm³/mol. The van der Waals surface area contributed by atoms with E-state index in [4.69, 9.17) is 9.47 Å². The minimum atomic E-state index is -0.459. The van der Waals surface area contributed by atoms with E-state index in [1.54, 1.807) is 0 Å². The molecule has 4 nitrogen and oxygen atoms in total. The fraction of sp³-hybridized carbons (Fsp3) is 0.889. The van der Waals surface area contributed by atoms with Gasteiger partial charge in [-0.25, -0.2) is 0 Å². The lowest BCUT2D eigenvalue weighted by Gasteiger charge is -2.40. The molecular formula is C18H32O4. The van der Waals surface area contributed by atoms with Crippen molar-refractivity contribution in [3.63, 3.8) is 0 Å². The first kappa shape index (κ1) is 19.1. The van der Waals surface area contributed by atoms with Gasteiger partial charge in [0.05, 0.1) is 18.6 Å². The van der Waals surface area contributed by atoms with Crippen LogP contribution in [-0.4, -0.2) is 31.1 Å². The van der Waals surface area contributed by atoms with Gasteiger partial charge in [0.1, 0.15) is 12.4 Å². The van der Waals surface area contributed by atoms with E-state index in [2.05, 4.69) is 0 Å². The predicted octanol–water partition coefficient (Wildman–Crippen LogP) is 3.62. The van der Waals surface area contributed by atoms with Gasteiger partial charge in [-0.2, -0.15) is 0 Å². The molecule has 1 aliphatic carbocycles. The molecular weight excluding hydrogens is 280 g/mol. The summed E-state index contributed by atoms with van der Waals surface area (Å²) in [6.07, 6.45) is 1.60. The van der Waals surface area contributed by atoms with Gasteiger partial charge < -0.3 is 9.47 Å². The molecule has 0 unspecified atom stereocenters. The SMILES string of the molecule is CC(C)OCCOC(=O)[C@H]1CC[C@@](C)(C(=O)C(C)C)C1(C)C. The Labute approximate surface area is 134 Å². The summed E-state index contributed by atoms with van der Waals surface area (Å²) in [5.41, 5.74) is -0.844. The topological polar surface area (TPSA) is 52.6 Å². The van der Waals surface area contributed by atoms with Crippen LogP contribution >= 0.6 is 0 Å². The van der Waals surface area contributed by atoms with Gasteiger partial charge >= 0.3 is 5.97 Å². The van der Waals surface area contributed by atoms with Crippen molar-refractivity contribution in [3.8, 4) is 0 Å². The van der Waals surface area contributed by atoms with Gasteiger partial charge in [-0.1, -0.05) is 34.6 Å². The van der Waals surface area contributed by atoms with Crippen molar-refractivity contribution < 1.29 is 19.1 Å². The number of Topliss-reactive ketones (excluding diaryl/α,β-unsaturated/α-hetero) is 1. The number of ketones is 1. The highest BCUT2D eigenvalue weighted by Gasteiger charge is 2.58. The molecule has 0 heterocycles. The highest BCUT2D eigenvalue weighted by molar-refractivity contribution is 5.89. The van der Waals surface area contributed by atoms with E-state index < -0.39 is 5.41 Å². The molecule has 0 aromatic heterocycles. The average molecular weight is 312 g/mol. The molecule has 0 N–H and O–H groups in total. The first-order chi connectivity index (χ1) is 10.0. The second-order valence-electron chi connectivity index (χ2n) is 7.75. The molecule has 0 aliphatic heterocycles. The Balaban J connectivity index is 2.70. The summed E-state index contributed by atoms with van der Waals surface area (Å²) in [6.45, 7) is 14.5. The summed E-state index contributed by atoms with van der Waals surface area (Å²) in [5.74, 6) is -0.189. The number of ether oxygens (including phenoxy) is 2. The second kappa shape index (κ2) is 7.12. The third-order valence-electron chi connectivity index (χ3n) is 5.36. The Morgan fingerprint density at radius 2 is 1.68 bits per heavy atom. The van der Waals surface area contributed by atoms with Crippen molar-refractivity contribution in [3.05, 3.63) is 0 Å². The van der Waals surface area contributed by atoms with E-state index in [1.165, 1.54) is 0 Å². The van der Waals surface area contributed by atoms with Crippen molar-refractivity contribution in [2.24, 2.45) is 22.7 Å². The van der Waals surface area contributed by atoms with Crippen molar-refractivity contribution in [2.75, 3.05) is 13.2 Å². The Kier molecular flexibility index (Phi) is 6.19. The van der Waals surface area contributed by atoms with Gasteiger partial charge in [0.2, 0.25) is 0 Å². The Hall–Kier alpha value is -0.900. The molecule has 4 heteroatoms. The van der Waals surface area contributed by atoms with Crippen LogP contribution in [0.5, 0.6) is 0 Å². The summed E-state index contributed by atoms with van der Waals surface area (Å²) in [7, 11) is 0. The van der Waals surface area contributed by atoms with Crippen molar-refractivity contribution in [2.45, 2.75) is 67.4 Å². The minimum absolute atomic E-state index is 0.0153. The fourth-order valence-corrected chi connectivity index (χ4v) is 3.52. The van der Waals surface area contributed by atoms with E-state index >= 15 is 0 Å². The molecule has 1 fully saturated rings. The fourth-order valence-electron chi connectivity index (χ4n) is 3.52. The maximum atomic E-state index is 12.6. The zero-order chi connectivity index (χ0) is 17.1. The maximum absolute atomic E-state index is 12.6. The molecule has 0 aromatic carbocycles. The molecule has 0 radical (unpaired) electrons. The van der Waals surface area contributed by atoms with E-state index in [9.17, 15) is 9.59 Å². The van der Waals surface area contributed by atoms with Gasteiger partial charge in [-0.15, -0.1) is 0 Å². The molecule has 0 saturated heterocycles. The molecule has 1 aliphatic rings. The van der Waals surface area contributed by atoms with Crippen LogP contribution in [0.15, 0.2) is 0 Å².